The van der Waals surface area contributed by atoms with Gasteiger partial charge in [0.2, 0.25) is 0 Å². The first-order valence-electron chi connectivity index (χ1n) is 8.45. The Balaban J connectivity index is 1.70. The molecule has 2 heterocycles. The lowest BCUT2D eigenvalue weighted by Gasteiger charge is -2.17. The molecule has 0 fully saturated rings. The molecule has 2 aromatic heterocycles. The van der Waals surface area contributed by atoms with Crippen molar-refractivity contribution >= 4 is 33.2 Å². The third-order valence-corrected chi connectivity index (χ3v) is 5.91. The highest BCUT2D eigenvalue weighted by Crippen LogP contribution is 2.39. The van der Waals surface area contributed by atoms with E-state index in [0.29, 0.717) is 27.5 Å². The molecule has 26 heavy (non-hydrogen) atoms. The van der Waals surface area contributed by atoms with E-state index < -0.39 is 11.5 Å². The van der Waals surface area contributed by atoms with Gasteiger partial charge in [-0.15, -0.1) is 11.3 Å². The number of amides is 1. The summed E-state index contributed by atoms with van der Waals surface area (Å²) in [5.41, 5.74) is 1.25. The van der Waals surface area contributed by atoms with E-state index in [4.69, 9.17) is 4.42 Å². The van der Waals surface area contributed by atoms with E-state index >= 15 is 0 Å². The van der Waals surface area contributed by atoms with Crippen molar-refractivity contribution in [1.82, 2.24) is 0 Å². The van der Waals surface area contributed by atoms with Crippen molar-refractivity contribution in [3.63, 3.8) is 0 Å². The average molecular weight is 364 g/mol. The minimum atomic E-state index is -0.686. The smallest absolute Gasteiger partial charge is 0.349 e. The summed E-state index contributed by atoms with van der Waals surface area (Å²) in [4.78, 5) is 26.0. The van der Waals surface area contributed by atoms with Crippen LogP contribution in [0, 0.1) is 17.2 Å². The largest absolute Gasteiger partial charge is 0.422 e. The maximum absolute atomic E-state index is 12.7. The summed E-state index contributed by atoms with van der Waals surface area (Å²) in [6.45, 7) is 2.19. The second kappa shape index (κ2) is 6.43. The number of fused-ring (bicyclic) bond motifs is 2. The summed E-state index contributed by atoms with van der Waals surface area (Å²) in [7, 11) is 0. The Morgan fingerprint density at radius 2 is 2.19 bits per heavy atom. The second-order valence-corrected chi connectivity index (χ2v) is 7.71. The van der Waals surface area contributed by atoms with Crippen LogP contribution in [-0.2, 0) is 12.8 Å². The van der Waals surface area contributed by atoms with Gasteiger partial charge in [-0.1, -0.05) is 25.1 Å². The molecule has 1 N–H and O–H groups in total. The zero-order chi connectivity index (χ0) is 18.3. The minimum Gasteiger partial charge on any atom is -0.422 e. The first-order valence-corrected chi connectivity index (χ1v) is 9.27. The van der Waals surface area contributed by atoms with Crippen molar-refractivity contribution < 1.29 is 9.21 Å². The van der Waals surface area contributed by atoms with Crippen LogP contribution in [0.5, 0.6) is 0 Å². The molecule has 0 aliphatic heterocycles. The fourth-order valence-corrected chi connectivity index (χ4v) is 4.70. The molecule has 1 aromatic carbocycles. The maximum Gasteiger partial charge on any atom is 0.349 e. The number of rotatable bonds is 2. The lowest BCUT2D eigenvalue weighted by atomic mass is 9.88. The van der Waals surface area contributed by atoms with Crippen LogP contribution in [0.4, 0.5) is 5.00 Å². The molecule has 5 nitrogen and oxygen atoms in total. The number of hydrogen-bond acceptors (Lipinski definition) is 5. The van der Waals surface area contributed by atoms with Crippen LogP contribution in [0.2, 0.25) is 0 Å². The number of benzene rings is 1. The molecule has 0 spiro atoms. The van der Waals surface area contributed by atoms with Crippen molar-refractivity contribution in [3.8, 4) is 6.07 Å². The lowest BCUT2D eigenvalue weighted by Crippen LogP contribution is -2.20. The quantitative estimate of drug-likeness (QED) is 0.694. The first kappa shape index (κ1) is 16.6. The number of nitrogens with zero attached hydrogens (tertiary/aromatic N) is 1. The van der Waals surface area contributed by atoms with Crippen LogP contribution >= 0.6 is 11.3 Å². The lowest BCUT2D eigenvalue weighted by molar-refractivity contribution is 0.102. The molecule has 4 rings (SSSR count). The van der Waals surface area contributed by atoms with E-state index in [-0.39, 0.29) is 5.56 Å². The Kier molecular flexibility index (Phi) is 4.09. The number of thiophene rings is 1. The van der Waals surface area contributed by atoms with Crippen molar-refractivity contribution in [2.75, 3.05) is 5.32 Å². The Labute approximate surface area is 153 Å². The predicted octanol–water partition coefficient (Wildman–Crippen LogP) is 4.10. The van der Waals surface area contributed by atoms with Gasteiger partial charge in [-0.3, -0.25) is 4.79 Å². The molecule has 0 saturated carbocycles. The predicted molar refractivity (Wildman–Crippen MR) is 101 cm³/mol. The van der Waals surface area contributed by atoms with Gasteiger partial charge in [-0.25, -0.2) is 4.79 Å². The maximum atomic E-state index is 12.7. The van der Waals surface area contributed by atoms with Crippen LogP contribution in [0.3, 0.4) is 0 Å². The van der Waals surface area contributed by atoms with Gasteiger partial charge in [0.05, 0.1) is 5.56 Å². The molecule has 3 aromatic rings. The number of nitrogens with one attached hydrogen (secondary N) is 1. The van der Waals surface area contributed by atoms with Gasteiger partial charge < -0.3 is 9.73 Å². The van der Waals surface area contributed by atoms with Gasteiger partial charge in [-0.2, -0.15) is 5.26 Å². The molecule has 1 aliphatic carbocycles. The van der Waals surface area contributed by atoms with Crippen molar-refractivity contribution in [1.29, 1.82) is 5.26 Å². The van der Waals surface area contributed by atoms with Crippen LogP contribution in [0.15, 0.2) is 39.5 Å². The molecular weight excluding hydrogens is 348 g/mol. The Hall–Kier alpha value is -2.91. The number of hydrogen-bond donors (Lipinski definition) is 1. The normalized spacial score (nSPS) is 16.1. The van der Waals surface area contributed by atoms with E-state index in [1.807, 2.05) is 6.07 Å². The first-order chi connectivity index (χ1) is 12.6. The van der Waals surface area contributed by atoms with Gasteiger partial charge in [0.15, 0.2) is 0 Å². The second-order valence-electron chi connectivity index (χ2n) is 6.61. The van der Waals surface area contributed by atoms with E-state index in [0.717, 1.165) is 29.7 Å². The van der Waals surface area contributed by atoms with Crippen molar-refractivity contribution in [3.05, 3.63) is 62.3 Å². The monoisotopic (exact) mass is 364 g/mol. The van der Waals surface area contributed by atoms with Crippen LogP contribution in [-0.4, -0.2) is 5.91 Å². The zero-order valence-electron chi connectivity index (χ0n) is 14.2. The standard InChI is InChI=1S/C20H16N2O3S/c1-11-6-7-13-15(10-21)19(26-17(13)8-11)22-18(23)14-9-12-4-2-3-5-16(12)25-20(14)24/h2-5,9,11H,6-8H2,1H3,(H,22,23). The number of carbonyl (C=O) groups is 1. The topological polar surface area (TPSA) is 83.1 Å². The van der Waals surface area contributed by atoms with E-state index in [1.165, 1.54) is 17.4 Å². The van der Waals surface area contributed by atoms with Gasteiger partial charge in [-0.05, 0) is 42.9 Å². The molecular formula is C20H16N2O3S. The van der Waals surface area contributed by atoms with Crippen LogP contribution in [0.1, 0.15) is 39.7 Å². The minimum absolute atomic E-state index is 0.0627. The highest BCUT2D eigenvalue weighted by Gasteiger charge is 2.25. The van der Waals surface area contributed by atoms with E-state index in [2.05, 4.69) is 18.3 Å². The summed E-state index contributed by atoms with van der Waals surface area (Å²) in [6.07, 6.45) is 2.81. The van der Waals surface area contributed by atoms with Gasteiger partial charge >= 0.3 is 5.63 Å². The van der Waals surface area contributed by atoms with E-state index in [1.54, 1.807) is 18.2 Å². The third kappa shape index (κ3) is 2.80. The summed E-state index contributed by atoms with van der Waals surface area (Å²) >= 11 is 1.44. The molecule has 0 bridgehead atoms. The molecule has 6 heteroatoms. The summed E-state index contributed by atoms with van der Waals surface area (Å²) < 4.78 is 5.23. The zero-order valence-corrected chi connectivity index (χ0v) is 15.0. The molecule has 1 aliphatic rings. The molecule has 0 radical (unpaired) electrons. The Morgan fingerprint density at radius 1 is 1.38 bits per heavy atom. The fraction of sp³-hybridized carbons (Fsp3) is 0.250. The molecule has 130 valence electrons. The molecule has 1 unspecified atom stereocenters. The van der Waals surface area contributed by atoms with Crippen molar-refractivity contribution in [2.24, 2.45) is 5.92 Å². The van der Waals surface area contributed by atoms with Crippen molar-refractivity contribution in [2.45, 2.75) is 26.2 Å². The van der Waals surface area contributed by atoms with Gasteiger partial charge in [0.25, 0.3) is 5.91 Å². The number of anilines is 1. The summed E-state index contributed by atoms with van der Waals surface area (Å²) in [5.74, 6) is 0.0245. The number of para-hydroxylation sites is 1. The molecule has 1 atom stereocenters. The highest BCUT2D eigenvalue weighted by molar-refractivity contribution is 7.16. The van der Waals surface area contributed by atoms with Crippen LogP contribution in [0.25, 0.3) is 11.0 Å². The Morgan fingerprint density at radius 3 is 3.00 bits per heavy atom. The van der Waals surface area contributed by atoms with Crippen LogP contribution < -0.4 is 10.9 Å². The molecule has 1 amide bonds. The third-order valence-electron chi connectivity index (χ3n) is 4.74. The SMILES string of the molecule is CC1CCc2c(sc(NC(=O)c3cc4ccccc4oc3=O)c2C#N)C1. The number of carbonyl (C=O) groups excluding carboxylic acids is 1. The van der Waals surface area contributed by atoms with Gasteiger partial charge in [0.1, 0.15) is 22.2 Å². The summed E-state index contributed by atoms with van der Waals surface area (Å²) in [5, 5.41) is 13.5. The number of nitriles is 1. The highest BCUT2D eigenvalue weighted by atomic mass is 32.1. The molecule has 0 saturated heterocycles. The average Bonchev–Trinajstić information content (AvgIpc) is 2.96. The fourth-order valence-electron chi connectivity index (χ4n) is 3.35. The van der Waals surface area contributed by atoms with E-state index in [9.17, 15) is 14.9 Å². The Bertz CT molecular complexity index is 1120. The summed E-state index contributed by atoms with van der Waals surface area (Å²) in [6, 6.07) is 10.8. The van der Waals surface area contributed by atoms with Gasteiger partial charge in [0, 0.05) is 10.3 Å².